The molecule has 9 heteroatoms. The summed E-state index contributed by atoms with van der Waals surface area (Å²) >= 11 is 0. The number of amides is 2. The van der Waals surface area contributed by atoms with Crippen LogP contribution >= 0.6 is 0 Å². The second-order valence-corrected chi connectivity index (χ2v) is 10.5. The number of carboxylic acids is 1. The maximum Gasteiger partial charge on any atom is 0.335 e. The Kier molecular flexibility index (Phi) is 10.4. The SMILES string of the molecule is CC[C@@H](C(=O)N(c1ccc(C(=O)O)cc1)c1cccc(C(=O)[C@H](C)N(C)C)c1)N(C=O)C1CCC(CN)CC1. The molecule has 0 unspecified atom stereocenters. The molecule has 1 fully saturated rings. The fourth-order valence-electron chi connectivity index (χ4n) is 5.19. The molecule has 3 rings (SSSR count). The molecule has 1 aliphatic rings. The van der Waals surface area contributed by atoms with Gasteiger partial charge in [0.15, 0.2) is 5.78 Å². The van der Waals surface area contributed by atoms with Crippen molar-refractivity contribution in [3.05, 3.63) is 59.7 Å². The summed E-state index contributed by atoms with van der Waals surface area (Å²) in [7, 11) is 3.65. The lowest BCUT2D eigenvalue weighted by atomic mass is 9.85. The zero-order chi connectivity index (χ0) is 28.7. The second kappa shape index (κ2) is 13.5. The summed E-state index contributed by atoms with van der Waals surface area (Å²) in [6.07, 6.45) is 4.54. The van der Waals surface area contributed by atoms with Crippen molar-refractivity contribution in [3.8, 4) is 0 Å². The van der Waals surface area contributed by atoms with Gasteiger partial charge in [0.25, 0.3) is 5.91 Å². The van der Waals surface area contributed by atoms with Gasteiger partial charge in [-0.2, -0.15) is 0 Å². The number of likely N-dealkylation sites (N-methyl/N-ethyl adjacent to an activating group) is 1. The molecule has 2 aromatic carbocycles. The lowest BCUT2D eigenvalue weighted by Gasteiger charge is -2.40. The highest BCUT2D eigenvalue weighted by Gasteiger charge is 2.35. The van der Waals surface area contributed by atoms with E-state index in [2.05, 4.69) is 0 Å². The fraction of sp³-hybridized carbons (Fsp3) is 0.467. The molecule has 2 amide bonds. The first-order valence-electron chi connectivity index (χ1n) is 13.5. The van der Waals surface area contributed by atoms with Crippen LogP contribution in [0.4, 0.5) is 11.4 Å². The van der Waals surface area contributed by atoms with Gasteiger partial charge in [0.05, 0.1) is 11.6 Å². The van der Waals surface area contributed by atoms with Gasteiger partial charge in [-0.25, -0.2) is 4.79 Å². The Bertz CT molecular complexity index is 1160. The van der Waals surface area contributed by atoms with Crippen LogP contribution in [0.2, 0.25) is 0 Å². The summed E-state index contributed by atoms with van der Waals surface area (Å²) in [5, 5.41) is 9.37. The van der Waals surface area contributed by atoms with Gasteiger partial charge in [-0.05, 0) is 102 Å². The van der Waals surface area contributed by atoms with E-state index in [-0.39, 0.29) is 29.3 Å². The maximum atomic E-state index is 14.3. The number of nitrogens with two attached hydrogens (primary N) is 1. The van der Waals surface area contributed by atoms with E-state index in [0.717, 1.165) is 32.1 Å². The number of benzene rings is 2. The van der Waals surface area contributed by atoms with E-state index in [1.165, 1.54) is 17.0 Å². The van der Waals surface area contributed by atoms with Crippen molar-refractivity contribution in [2.45, 2.75) is 64.1 Å². The molecule has 2 aromatic rings. The zero-order valence-electron chi connectivity index (χ0n) is 23.2. The minimum atomic E-state index is -1.07. The van der Waals surface area contributed by atoms with Gasteiger partial charge < -0.3 is 15.7 Å². The maximum absolute atomic E-state index is 14.3. The quantitative estimate of drug-likeness (QED) is 0.311. The molecule has 0 aromatic heterocycles. The number of hydrogen-bond acceptors (Lipinski definition) is 6. The third kappa shape index (κ3) is 6.91. The largest absolute Gasteiger partial charge is 0.478 e. The molecule has 210 valence electrons. The smallest absolute Gasteiger partial charge is 0.335 e. The fourth-order valence-corrected chi connectivity index (χ4v) is 5.19. The Hall–Kier alpha value is -3.56. The molecular weight excluding hydrogens is 496 g/mol. The normalized spacial score (nSPS) is 18.7. The predicted molar refractivity (Wildman–Crippen MR) is 151 cm³/mol. The molecule has 0 heterocycles. The number of hydrogen-bond donors (Lipinski definition) is 2. The van der Waals surface area contributed by atoms with E-state index in [1.807, 2.05) is 32.8 Å². The Balaban J connectivity index is 2.04. The number of ketones is 1. The van der Waals surface area contributed by atoms with Crippen LogP contribution in [0.3, 0.4) is 0 Å². The number of carbonyl (C=O) groups is 4. The highest BCUT2D eigenvalue weighted by molar-refractivity contribution is 6.06. The van der Waals surface area contributed by atoms with Gasteiger partial charge in [-0.3, -0.25) is 24.2 Å². The minimum absolute atomic E-state index is 0.0655. The van der Waals surface area contributed by atoms with Crippen molar-refractivity contribution in [1.82, 2.24) is 9.80 Å². The van der Waals surface area contributed by atoms with Crippen LogP contribution < -0.4 is 10.6 Å². The van der Waals surface area contributed by atoms with Gasteiger partial charge in [0.2, 0.25) is 6.41 Å². The average Bonchev–Trinajstić information content (AvgIpc) is 2.95. The number of carboxylic acid groups (broad SMARTS) is 1. The molecule has 1 aliphatic carbocycles. The van der Waals surface area contributed by atoms with Gasteiger partial charge in [0, 0.05) is 23.0 Å². The van der Waals surface area contributed by atoms with Gasteiger partial charge in [-0.1, -0.05) is 19.1 Å². The summed E-state index contributed by atoms with van der Waals surface area (Å²) in [5.41, 5.74) is 7.31. The highest BCUT2D eigenvalue weighted by Crippen LogP contribution is 2.32. The standard InChI is InChI=1S/C30H40N4O5/c1-5-27(33(19-35)24-13-9-21(18-31)10-14-24)29(37)34(25-15-11-22(12-16-25)30(38)39)26-8-6-7-23(17-26)28(36)20(2)32(3)4/h6-8,11-12,15-17,19-21,24,27H,5,9-10,13-14,18,31H2,1-4H3,(H,38,39)/t20-,21?,24?,27-/m0/s1. The van der Waals surface area contributed by atoms with Crippen molar-refractivity contribution in [2.75, 3.05) is 25.5 Å². The van der Waals surface area contributed by atoms with E-state index < -0.39 is 12.0 Å². The number of rotatable bonds is 12. The summed E-state index contributed by atoms with van der Waals surface area (Å²) in [6, 6.07) is 11.7. The monoisotopic (exact) mass is 536 g/mol. The van der Waals surface area contributed by atoms with Crippen LogP contribution in [-0.2, 0) is 9.59 Å². The molecule has 0 radical (unpaired) electrons. The van der Waals surface area contributed by atoms with Crippen molar-refractivity contribution >= 4 is 35.4 Å². The van der Waals surface area contributed by atoms with Crippen LogP contribution in [0.5, 0.6) is 0 Å². The zero-order valence-corrected chi connectivity index (χ0v) is 23.2. The Labute approximate surface area is 230 Å². The molecular formula is C30H40N4O5. The summed E-state index contributed by atoms with van der Waals surface area (Å²) < 4.78 is 0. The molecule has 39 heavy (non-hydrogen) atoms. The molecule has 3 N–H and O–H groups in total. The predicted octanol–water partition coefficient (Wildman–Crippen LogP) is 3.94. The van der Waals surface area contributed by atoms with Gasteiger partial charge in [-0.15, -0.1) is 0 Å². The van der Waals surface area contributed by atoms with E-state index in [9.17, 15) is 24.3 Å². The van der Waals surface area contributed by atoms with E-state index in [0.29, 0.717) is 35.8 Å². The van der Waals surface area contributed by atoms with E-state index >= 15 is 0 Å². The summed E-state index contributed by atoms with van der Waals surface area (Å²) in [5.74, 6) is -1.05. The molecule has 1 saturated carbocycles. The lowest BCUT2D eigenvalue weighted by Crippen LogP contribution is -2.51. The first-order chi connectivity index (χ1) is 18.6. The molecule has 2 atom stereocenters. The molecule has 0 spiro atoms. The third-order valence-corrected chi connectivity index (χ3v) is 7.86. The Morgan fingerprint density at radius 1 is 1.00 bits per heavy atom. The molecule has 9 nitrogen and oxygen atoms in total. The molecule has 0 saturated heterocycles. The van der Waals surface area contributed by atoms with Crippen molar-refractivity contribution in [2.24, 2.45) is 11.7 Å². The summed E-state index contributed by atoms with van der Waals surface area (Å²) in [4.78, 5) is 56.2. The van der Waals surface area contributed by atoms with Crippen LogP contribution in [0.15, 0.2) is 48.5 Å². The van der Waals surface area contributed by atoms with Crippen LogP contribution in [0, 0.1) is 5.92 Å². The van der Waals surface area contributed by atoms with Crippen LogP contribution in [-0.4, -0.2) is 77.7 Å². The van der Waals surface area contributed by atoms with Gasteiger partial charge >= 0.3 is 5.97 Å². The van der Waals surface area contributed by atoms with E-state index in [4.69, 9.17) is 5.73 Å². The number of nitrogens with zero attached hydrogens (tertiary/aromatic N) is 3. The Morgan fingerprint density at radius 3 is 2.15 bits per heavy atom. The van der Waals surface area contributed by atoms with Crippen LogP contribution in [0.1, 0.15) is 66.7 Å². The minimum Gasteiger partial charge on any atom is -0.478 e. The second-order valence-electron chi connectivity index (χ2n) is 10.5. The first-order valence-corrected chi connectivity index (χ1v) is 13.5. The average molecular weight is 537 g/mol. The van der Waals surface area contributed by atoms with Crippen molar-refractivity contribution < 1.29 is 24.3 Å². The van der Waals surface area contributed by atoms with Gasteiger partial charge in [0.1, 0.15) is 6.04 Å². The number of anilines is 2. The Morgan fingerprint density at radius 2 is 1.64 bits per heavy atom. The highest BCUT2D eigenvalue weighted by atomic mass is 16.4. The number of carbonyl (C=O) groups excluding carboxylic acids is 3. The summed E-state index contributed by atoms with van der Waals surface area (Å²) in [6.45, 7) is 4.30. The van der Waals surface area contributed by atoms with Crippen molar-refractivity contribution in [3.63, 3.8) is 0 Å². The third-order valence-electron chi connectivity index (χ3n) is 7.86. The topological polar surface area (TPSA) is 124 Å². The number of aromatic carboxylic acids is 1. The molecule has 0 aliphatic heterocycles. The van der Waals surface area contributed by atoms with Crippen LogP contribution in [0.25, 0.3) is 0 Å². The number of Topliss-reactive ketones (excluding diaryl/α,β-unsaturated/α-hetero) is 1. The lowest BCUT2D eigenvalue weighted by molar-refractivity contribution is -0.134. The molecule has 0 bridgehead atoms. The van der Waals surface area contributed by atoms with E-state index in [1.54, 1.807) is 41.3 Å². The van der Waals surface area contributed by atoms with Crippen molar-refractivity contribution in [1.29, 1.82) is 0 Å². The first kappa shape index (κ1) is 30.0.